The van der Waals surface area contributed by atoms with Crippen LogP contribution in [0.5, 0.6) is 0 Å². The van der Waals surface area contributed by atoms with E-state index in [4.69, 9.17) is 2.74 Å². The Bertz CT molecular complexity index is 145. The Labute approximate surface area is 74.7 Å². The molecule has 0 nitrogen and oxygen atoms in total. The van der Waals surface area contributed by atoms with E-state index < -0.39 is 4.38 Å². The maximum absolute atomic E-state index is 7.53. The summed E-state index contributed by atoms with van der Waals surface area (Å²) in [6.07, 6.45) is 4.76. The second-order valence-electron chi connectivity index (χ2n) is 2.75. The van der Waals surface area contributed by atoms with Gasteiger partial charge in [0.25, 0.3) is 0 Å². The van der Waals surface area contributed by atoms with Crippen LogP contribution in [0.15, 0.2) is 12.2 Å². The molecule has 9 heavy (non-hydrogen) atoms. The molecule has 0 saturated heterocycles. The molecule has 0 bridgehead atoms. The van der Waals surface area contributed by atoms with Gasteiger partial charge in [0, 0.05) is 7.12 Å². The van der Waals surface area contributed by atoms with Crippen molar-refractivity contribution in [3.8, 4) is 0 Å². The SMILES string of the molecule is [2H]C([2H])(I)C(C)(C)CC=CC. The van der Waals surface area contributed by atoms with Crippen molar-refractivity contribution in [2.24, 2.45) is 5.41 Å². The predicted molar refractivity (Wildman–Crippen MR) is 52.1 cm³/mol. The second kappa shape index (κ2) is 4.31. The molecule has 0 rings (SSSR count). The van der Waals surface area contributed by atoms with Crippen LogP contribution in [-0.2, 0) is 0 Å². The molecule has 0 unspecified atom stereocenters. The average Bonchev–Trinajstić information content (AvgIpc) is 1.81. The summed E-state index contributed by atoms with van der Waals surface area (Å²) in [4.78, 5) is 0. The Morgan fingerprint density at radius 2 is 2.22 bits per heavy atom. The van der Waals surface area contributed by atoms with Gasteiger partial charge in [0.05, 0.1) is 0 Å². The van der Waals surface area contributed by atoms with Crippen molar-refractivity contribution in [1.82, 2.24) is 0 Å². The Kier molecular flexibility index (Phi) is 2.97. The van der Waals surface area contributed by atoms with E-state index in [9.17, 15) is 0 Å². The predicted octanol–water partition coefficient (Wildman–Crippen LogP) is 3.41. The molecule has 0 atom stereocenters. The minimum Gasteiger partial charge on any atom is -0.0916 e. The zero-order chi connectivity index (χ0) is 9.12. The lowest BCUT2D eigenvalue weighted by Crippen LogP contribution is -2.10. The Balaban J connectivity index is 4.22. The van der Waals surface area contributed by atoms with Gasteiger partial charge in [-0.1, -0.05) is 48.6 Å². The van der Waals surface area contributed by atoms with Crippen molar-refractivity contribution >= 4 is 22.6 Å². The number of rotatable bonds is 3. The fourth-order valence-corrected chi connectivity index (χ4v) is 0.671. The molecule has 0 N–H and O–H groups in total. The van der Waals surface area contributed by atoms with Gasteiger partial charge < -0.3 is 0 Å². The summed E-state index contributed by atoms with van der Waals surface area (Å²) < 4.78 is 13.9. The van der Waals surface area contributed by atoms with Crippen molar-refractivity contribution in [1.29, 1.82) is 0 Å². The van der Waals surface area contributed by atoms with Crippen molar-refractivity contribution in [3.05, 3.63) is 12.2 Å². The molecule has 0 aromatic heterocycles. The molecule has 0 fully saturated rings. The molecule has 0 aliphatic rings. The topological polar surface area (TPSA) is 0 Å². The van der Waals surface area contributed by atoms with Crippen LogP contribution < -0.4 is 0 Å². The maximum atomic E-state index is 7.53. The van der Waals surface area contributed by atoms with Crippen LogP contribution in [0, 0.1) is 5.41 Å². The van der Waals surface area contributed by atoms with Crippen molar-refractivity contribution in [3.63, 3.8) is 0 Å². The maximum Gasteiger partial charge on any atom is 0.0383 e. The zero-order valence-electron chi connectivity index (χ0n) is 8.24. The van der Waals surface area contributed by atoms with Gasteiger partial charge in [-0.25, -0.2) is 0 Å². The Morgan fingerprint density at radius 3 is 2.56 bits per heavy atom. The number of allylic oxidation sites excluding steroid dienone is 2. The normalized spacial score (nSPS) is 17.8. The summed E-state index contributed by atoms with van der Waals surface area (Å²) in [6, 6.07) is 0. The Morgan fingerprint density at radius 1 is 1.67 bits per heavy atom. The van der Waals surface area contributed by atoms with Crippen LogP contribution in [0.25, 0.3) is 0 Å². The lowest BCUT2D eigenvalue weighted by Gasteiger charge is -2.18. The highest BCUT2D eigenvalue weighted by Gasteiger charge is 2.12. The summed E-state index contributed by atoms with van der Waals surface area (Å²) >= 11 is 1.86. The van der Waals surface area contributed by atoms with Gasteiger partial charge in [-0.05, 0) is 18.8 Å². The molecule has 1 heteroatoms. The zero-order valence-corrected chi connectivity index (χ0v) is 8.40. The van der Waals surface area contributed by atoms with E-state index in [1.807, 2.05) is 55.5 Å². The summed E-state index contributed by atoms with van der Waals surface area (Å²) in [7, 11) is 0. The highest BCUT2D eigenvalue weighted by molar-refractivity contribution is 14.1. The molecule has 0 saturated carbocycles. The standard InChI is InChI=1S/C8H15I/c1-4-5-6-8(2,3)7-9/h4-5H,6-7H2,1-3H3/i7D2. The highest BCUT2D eigenvalue weighted by atomic mass is 127. The van der Waals surface area contributed by atoms with Crippen LogP contribution in [0.3, 0.4) is 0 Å². The van der Waals surface area contributed by atoms with Crippen LogP contribution in [0.2, 0.25) is 0 Å². The van der Waals surface area contributed by atoms with Crippen molar-refractivity contribution in [2.75, 3.05) is 4.38 Å². The molecule has 0 aromatic rings. The third-order valence-corrected chi connectivity index (χ3v) is 2.58. The van der Waals surface area contributed by atoms with E-state index in [0.29, 0.717) is 0 Å². The van der Waals surface area contributed by atoms with E-state index >= 15 is 0 Å². The molecule has 0 heterocycles. The molecule has 0 amide bonds. The smallest absolute Gasteiger partial charge is 0.0383 e. The van der Waals surface area contributed by atoms with Crippen molar-refractivity contribution in [2.45, 2.75) is 27.2 Å². The number of alkyl halides is 1. The molecule has 0 aliphatic carbocycles. The minimum atomic E-state index is -1.13. The van der Waals surface area contributed by atoms with E-state index in [-0.39, 0.29) is 5.41 Å². The summed E-state index contributed by atoms with van der Waals surface area (Å²) in [6.45, 7) is 5.84. The first-order valence-electron chi connectivity index (χ1n) is 4.11. The third kappa shape index (κ3) is 4.94. The first-order valence-corrected chi connectivity index (χ1v) is 4.19. The van der Waals surface area contributed by atoms with Gasteiger partial charge in [-0.15, -0.1) is 0 Å². The summed E-state index contributed by atoms with van der Waals surface area (Å²) in [5.41, 5.74) is -0.278. The lowest BCUT2D eigenvalue weighted by atomic mass is 9.92. The largest absolute Gasteiger partial charge is 0.0916 e. The summed E-state index contributed by atoms with van der Waals surface area (Å²) in [5.74, 6) is 0. The molecule has 0 aromatic carbocycles. The first-order chi connectivity index (χ1) is 4.81. The van der Waals surface area contributed by atoms with Crippen LogP contribution in [0.1, 0.15) is 29.9 Å². The fraction of sp³-hybridized carbons (Fsp3) is 0.750. The van der Waals surface area contributed by atoms with Crippen LogP contribution >= 0.6 is 22.6 Å². The van der Waals surface area contributed by atoms with Crippen molar-refractivity contribution < 1.29 is 2.74 Å². The fourth-order valence-electron chi connectivity index (χ4n) is 0.451. The van der Waals surface area contributed by atoms with Gasteiger partial charge in [-0.3, -0.25) is 0 Å². The third-order valence-electron chi connectivity index (χ3n) is 1.12. The molecule has 0 spiro atoms. The minimum absolute atomic E-state index is 0.278. The Hall–Kier alpha value is 0.470. The molecular weight excluding hydrogens is 223 g/mol. The summed E-state index contributed by atoms with van der Waals surface area (Å²) in [5, 5.41) is 0. The van der Waals surface area contributed by atoms with Gasteiger partial charge in [0.1, 0.15) is 0 Å². The van der Waals surface area contributed by atoms with Gasteiger partial charge in [-0.2, -0.15) is 0 Å². The highest BCUT2D eigenvalue weighted by Crippen LogP contribution is 2.23. The number of hydrogen-bond acceptors (Lipinski definition) is 0. The van der Waals surface area contributed by atoms with E-state index in [0.717, 1.165) is 6.42 Å². The number of hydrogen-bond donors (Lipinski definition) is 0. The van der Waals surface area contributed by atoms with E-state index in [1.165, 1.54) is 0 Å². The lowest BCUT2D eigenvalue weighted by molar-refractivity contribution is 0.439. The van der Waals surface area contributed by atoms with Crippen LogP contribution in [0.4, 0.5) is 0 Å². The van der Waals surface area contributed by atoms with E-state index in [1.54, 1.807) is 0 Å². The molecule has 0 radical (unpaired) electrons. The molecule has 0 aliphatic heterocycles. The van der Waals surface area contributed by atoms with Crippen LogP contribution in [-0.4, -0.2) is 4.38 Å². The molecular formula is C8H15I. The van der Waals surface area contributed by atoms with E-state index in [2.05, 4.69) is 0 Å². The second-order valence-corrected chi connectivity index (χ2v) is 3.29. The average molecular weight is 240 g/mol. The van der Waals surface area contributed by atoms with Gasteiger partial charge in [0.2, 0.25) is 0 Å². The molecule has 54 valence electrons. The van der Waals surface area contributed by atoms with Gasteiger partial charge >= 0.3 is 0 Å². The van der Waals surface area contributed by atoms with Gasteiger partial charge in [0.15, 0.2) is 0 Å². The monoisotopic (exact) mass is 240 g/mol. The first kappa shape index (κ1) is 6.20. The number of halogens is 1. The quantitative estimate of drug-likeness (QED) is 0.403.